The summed E-state index contributed by atoms with van der Waals surface area (Å²) in [6.07, 6.45) is 13.8. The Hall–Kier alpha value is -1.08. The molecule has 0 radical (unpaired) electrons. The lowest BCUT2D eigenvalue weighted by Gasteiger charge is -1.99. The topological polar surface area (TPSA) is 12.0 Å². The van der Waals surface area contributed by atoms with Crippen LogP contribution in [0.4, 0.5) is 0 Å². The Morgan fingerprint density at radius 1 is 1.20 bits per heavy atom. The molecule has 0 bridgehead atoms. The van der Waals surface area contributed by atoms with E-state index >= 15 is 0 Å². The summed E-state index contributed by atoms with van der Waals surface area (Å²) in [5.41, 5.74) is 2.65. The van der Waals surface area contributed by atoms with Crippen molar-refractivity contribution in [3.8, 4) is 0 Å². The maximum absolute atomic E-state index is 3.16. The van der Waals surface area contributed by atoms with Crippen molar-refractivity contribution in [1.29, 1.82) is 0 Å². The first-order valence-corrected chi connectivity index (χ1v) is 5.52. The molecule has 0 aromatic carbocycles. The van der Waals surface area contributed by atoms with Gasteiger partial charge >= 0.3 is 0 Å². The molecular weight excluding hydrogens is 182 g/mol. The van der Waals surface area contributed by atoms with E-state index in [4.69, 9.17) is 0 Å². The van der Waals surface area contributed by atoms with Crippen LogP contribution < -0.4 is 5.32 Å². The van der Waals surface area contributed by atoms with E-state index in [0.29, 0.717) is 0 Å². The third kappa shape index (κ3) is 7.95. The summed E-state index contributed by atoms with van der Waals surface area (Å²) in [4.78, 5) is 0. The van der Waals surface area contributed by atoms with Gasteiger partial charge < -0.3 is 5.32 Å². The van der Waals surface area contributed by atoms with E-state index in [9.17, 15) is 0 Å². The van der Waals surface area contributed by atoms with Crippen LogP contribution >= 0.6 is 0 Å². The van der Waals surface area contributed by atoms with Crippen LogP contribution in [0.25, 0.3) is 0 Å². The predicted octanol–water partition coefficient (Wildman–Crippen LogP) is 3.62. The third-order valence-electron chi connectivity index (χ3n) is 2.17. The molecule has 15 heavy (non-hydrogen) atoms. The fourth-order valence-corrected chi connectivity index (χ4v) is 1.13. The van der Waals surface area contributed by atoms with Gasteiger partial charge in [0.05, 0.1) is 0 Å². The second kappa shape index (κ2) is 9.47. The number of nitrogens with one attached hydrogen (secondary N) is 1. The largest absolute Gasteiger partial charge is 0.319 e. The molecule has 0 aliphatic rings. The third-order valence-corrected chi connectivity index (χ3v) is 2.17. The number of hydrogen-bond acceptors (Lipinski definition) is 1. The van der Waals surface area contributed by atoms with Crippen molar-refractivity contribution in [1.82, 2.24) is 5.32 Å². The highest BCUT2D eigenvalue weighted by Crippen LogP contribution is 2.04. The highest BCUT2D eigenvalue weighted by Gasteiger charge is 1.89. The number of rotatable bonds is 6. The summed E-state index contributed by atoms with van der Waals surface area (Å²) in [5.74, 6) is 0. The Bertz CT molecular complexity index is 267. The Morgan fingerprint density at radius 2 is 1.93 bits per heavy atom. The average Bonchev–Trinajstić information content (AvgIpc) is 2.25. The average molecular weight is 205 g/mol. The van der Waals surface area contributed by atoms with Crippen molar-refractivity contribution in [3.63, 3.8) is 0 Å². The summed E-state index contributed by atoms with van der Waals surface area (Å²) < 4.78 is 0. The summed E-state index contributed by atoms with van der Waals surface area (Å²) in [5, 5.41) is 3.16. The zero-order valence-corrected chi connectivity index (χ0v) is 10.4. The molecular formula is C14H23N. The zero-order chi connectivity index (χ0) is 11.5. The van der Waals surface area contributed by atoms with E-state index in [2.05, 4.69) is 55.6 Å². The molecule has 0 aromatic rings. The lowest BCUT2D eigenvalue weighted by molar-refractivity contribution is 0.794. The highest BCUT2D eigenvalue weighted by atomic mass is 14.8. The molecule has 0 aromatic heterocycles. The Balaban J connectivity index is 4.34. The minimum atomic E-state index is 1.02. The van der Waals surface area contributed by atoms with Crippen LogP contribution in [-0.2, 0) is 0 Å². The molecule has 0 unspecified atom stereocenters. The zero-order valence-electron chi connectivity index (χ0n) is 10.4. The summed E-state index contributed by atoms with van der Waals surface area (Å²) in [7, 11) is 1.98. The number of hydrogen-bond donors (Lipinski definition) is 1. The van der Waals surface area contributed by atoms with Gasteiger partial charge in [-0.3, -0.25) is 0 Å². The molecule has 84 valence electrons. The first kappa shape index (κ1) is 13.9. The van der Waals surface area contributed by atoms with E-state index in [0.717, 1.165) is 13.0 Å². The first-order chi connectivity index (χ1) is 7.24. The Labute approximate surface area is 94.3 Å². The maximum atomic E-state index is 3.16. The first-order valence-electron chi connectivity index (χ1n) is 5.52. The molecule has 0 aliphatic heterocycles. The van der Waals surface area contributed by atoms with Crippen LogP contribution in [0, 0.1) is 0 Å². The molecule has 0 aliphatic carbocycles. The van der Waals surface area contributed by atoms with E-state index in [1.165, 1.54) is 11.1 Å². The lowest BCUT2D eigenvalue weighted by Crippen LogP contribution is -2.07. The van der Waals surface area contributed by atoms with Crippen LogP contribution in [0.15, 0.2) is 47.6 Å². The smallest absolute Gasteiger partial charge is 0.00114 e. The van der Waals surface area contributed by atoms with Gasteiger partial charge in [0.2, 0.25) is 0 Å². The van der Waals surface area contributed by atoms with Crippen molar-refractivity contribution in [3.05, 3.63) is 47.6 Å². The van der Waals surface area contributed by atoms with Crippen molar-refractivity contribution >= 4 is 0 Å². The van der Waals surface area contributed by atoms with E-state index in [1.807, 2.05) is 14.0 Å². The van der Waals surface area contributed by atoms with Crippen molar-refractivity contribution in [2.75, 3.05) is 13.6 Å². The van der Waals surface area contributed by atoms with Crippen LogP contribution in [-0.4, -0.2) is 13.6 Å². The molecule has 1 nitrogen and oxygen atoms in total. The van der Waals surface area contributed by atoms with Gasteiger partial charge in [-0.2, -0.15) is 0 Å². The van der Waals surface area contributed by atoms with Crippen molar-refractivity contribution < 1.29 is 0 Å². The molecule has 0 heterocycles. The highest BCUT2D eigenvalue weighted by molar-refractivity contribution is 5.27. The minimum Gasteiger partial charge on any atom is -0.319 e. The molecule has 0 saturated carbocycles. The van der Waals surface area contributed by atoms with Gasteiger partial charge in [0.25, 0.3) is 0 Å². The maximum Gasteiger partial charge on any atom is -0.00114 e. The lowest BCUT2D eigenvalue weighted by atomic mass is 10.1. The second-order valence-corrected chi connectivity index (χ2v) is 3.49. The van der Waals surface area contributed by atoms with Gasteiger partial charge in [-0.15, -0.1) is 0 Å². The fraction of sp³-hybridized carbons (Fsp3) is 0.429. The van der Waals surface area contributed by atoms with Crippen molar-refractivity contribution in [2.45, 2.75) is 27.2 Å². The van der Waals surface area contributed by atoms with Crippen LogP contribution in [0.3, 0.4) is 0 Å². The minimum absolute atomic E-state index is 1.02. The van der Waals surface area contributed by atoms with E-state index in [1.54, 1.807) is 0 Å². The van der Waals surface area contributed by atoms with Gasteiger partial charge in [-0.1, -0.05) is 42.0 Å². The van der Waals surface area contributed by atoms with Gasteiger partial charge in [0.15, 0.2) is 0 Å². The molecule has 1 N–H and O–H groups in total. The summed E-state index contributed by atoms with van der Waals surface area (Å²) >= 11 is 0. The molecule has 1 heteroatoms. The second-order valence-electron chi connectivity index (χ2n) is 3.49. The normalized spacial score (nSPS) is 14.4. The van der Waals surface area contributed by atoms with Crippen molar-refractivity contribution in [2.24, 2.45) is 0 Å². The fourth-order valence-electron chi connectivity index (χ4n) is 1.13. The van der Waals surface area contributed by atoms with Crippen LogP contribution in [0.5, 0.6) is 0 Å². The molecule has 0 atom stereocenters. The van der Waals surface area contributed by atoms with Crippen LogP contribution in [0.1, 0.15) is 27.2 Å². The monoisotopic (exact) mass is 205 g/mol. The quantitative estimate of drug-likeness (QED) is 0.653. The van der Waals surface area contributed by atoms with Gasteiger partial charge in [-0.05, 0) is 46.4 Å². The molecule has 0 spiro atoms. The summed E-state index contributed by atoms with van der Waals surface area (Å²) in [6.45, 7) is 7.23. The van der Waals surface area contributed by atoms with E-state index in [-0.39, 0.29) is 0 Å². The van der Waals surface area contributed by atoms with Gasteiger partial charge in [0.1, 0.15) is 0 Å². The predicted molar refractivity (Wildman–Crippen MR) is 70.0 cm³/mol. The Kier molecular flexibility index (Phi) is 8.79. The van der Waals surface area contributed by atoms with Gasteiger partial charge in [-0.25, -0.2) is 0 Å². The molecule has 0 fully saturated rings. The van der Waals surface area contributed by atoms with E-state index < -0.39 is 0 Å². The Morgan fingerprint density at radius 3 is 2.47 bits per heavy atom. The molecule has 0 rings (SSSR count). The molecule has 0 saturated heterocycles. The van der Waals surface area contributed by atoms with Gasteiger partial charge in [0, 0.05) is 0 Å². The standard InChI is InChI=1S/C14H23N/c1-5-8-14(11-12-15-4)10-7-9-13(3)6-2/h5-10,15H,11-12H2,1-4H3/b8-5-,9-7-,13-6-,14-10+. The summed E-state index contributed by atoms with van der Waals surface area (Å²) in [6, 6.07) is 0. The SMILES string of the molecule is C\C=C/C(=C\C=C/C(C)=C\C)CCNC. The van der Waals surface area contributed by atoms with Crippen LogP contribution in [0.2, 0.25) is 0 Å². The molecule has 0 amide bonds. The number of allylic oxidation sites excluding steroid dienone is 7.